The van der Waals surface area contributed by atoms with Crippen LogP contribution in [-0.2, 0) is 17.9 Å². The molecule has 3 rings (SSSR count). The number of hydrogen-bond acceptors (Lipinski definition) is 2. The summed E-state index contributed by atoms with van der Waals surface area (Å²) in [6, 6.07) is 9.15. The summed E-state index contributed by atoms with van der Waals surface area (Å²) in [5, 5.41) is 7.72. The number of benzene rings is 1. The van der Waals surface area contributed by atoms with Crippen LogP contribution < -0.4 is 10.6 Å². The molecule has 0 aliphatic heterocycles. The maximum atomic E-state index is 11.6. The molecule has 1 aliphatic rings. The zero-order valence-corrected chi connectivity index (χ0v) is 12.6. The van der Waals surface area contributed by atoms with E-state index in [2.05, 4.69) is 45.7 Å². The predicted octanol–water partition coefficient (Wildman–Crippen LogP) is 2.42. The summed E-state index contributed by atoms with van der Waals surface area (Å²) in [6.45, 7) is 4.29. The van der Waals surface area contributed by atoms with E-state index < -0.39 is 0 Å². The Bertz CT molecular complexity index is 628. The Hall–Kier alpha value is -1.81. The van der Waals surface area contributed by atoms with Crippen LogP contribution in [0.25, 0.3) is 10.9 Å². The van der Waals surface area contributed by atoms with E-state index in [1.54, 1.807) is 0 Å². The second-order valence-corrected chi connectivity index (χ2v) is 5.72. The smallest absolute Gasteiger partial charge is 0.221 e. The third kappa shape index (κ3) is 3.45. The number of nitrogens with one attached hydrogen (secondary N) is 2. The number of fused-ring (bicyclic) bond motifs is 1. The molecule has 1 saturated carbocycles. The Morgan fingerprint density at radius 3 is 2.90 bits per heavy atom. The number of nitrogens with zero attached hydrogens (tertiary/aromatic N) is 1. The average molecular weight is 285 g/mol. The summed E-state index contributed by atoms with van der Waals surface area (Å²) in [4.78, 5) is 11.6. The van der Waals surface area contributed by atoms with E-state index in [9.17, 15) is 4.79 Å². The molecule has 21 heavy (non-hydrogen) atoms. The van der Waals surface area contributed by atoms with Gasteiger partial charge in [0.15, 0.2) is 0 Å². The van der Waals surface area contributed by atoms with E-state index in [0.717, 1.165) is 13.1 Å². The molecule has 2 aromatic rings. The molecule has 1 fully saturated rings. The van der Waals surface area contributed by atoms with Crippen molar-refractivity contribution in [2.75, 3.05) is 6.54 Å². The van der Waals surface area contributed by atoms with E-state index >= 15 is 0 Å². The fourth-order valence-corrected chi connectivity index (χ4v) is 2.70. The highest BCUT2D eigenvalue weighted by Gasteiger charge is 2.20. The Labute approximate surface area is 125 Å². The largest absolute Gasteiger partial charge is 0.356 e. The number of carbonyl (C=O) groups excluding carboxylic acids is 1. The number of carbonyl (C=O) groups is 1. The number of amides is 1. The van der Waals surface area contributed by atoms with Crippen LogP contribution in [0, 0.1) is 0 Å². The van der Waals surface area contributed by atoms with Crippen molar-refractivity contribution in [3.8, 4) is 0 Å². The maximum absolute atomic E-state index is 11.6. The molecular formula is C17H23N3O. The zero-order valence-electron chi connectivity index (χ0n) is 12.6. The van der Waals surface area contributed by atoms with E-state index in [1.807, 2.05) is 6.92 Å². The lowest BCUT2D eigenvalue weighted by molar-refractivity contribution is -0.121. The van der Waals surface area contributed by atoms with Crippen LogP contribution >= 0.6 is 0 Å². The number of para-hydroxylation sites is 1. The Kier molecular flexibility index (Phi) is 4.25. The van der Waals surface area contributed by atoms with Gasteiger partial charge in [0.2, 0.25) is 5.91 Å². The van der Waals surface area contributed by atoms with Crippen molar-refractivity contribution in [3.05, 3.63) is 36.0 Å². The van der Waals surface area contributed by atoms with E-state index in [-0.39, 0.29) is 5.91 Å². The summed E-state index contributed by atoms with van der Waals surface area (Å²) >= 11 is 0. The van der Waals surface area contributed by atoms with Gasteiger partial charge in [-0.2, -0.15) is 0 Å². The predicted molar refractivity (Wildman–Crippen MR) is 85.1 cm³/mol. The van der Waals surface area contributed by atoms with Gasteiger partial charge in [-0.15, -0.1) is 0 Å². The van der Waals surface area contributed by atoms with E-state index in [0.29, 0.717) is 19.0 Å². The lowest BCUT2D eigenvalue weighted by Gasteiger charge is -2.05. The van der Waals surface area contributed by atoms with E-state index in [4.69, 9.17) is 0 Å². The molecule has 4 nitrogen and oxygen atoms in total. The van der Waals surface area contributed by atoms with Crippen molar-refractivity contribution < 1.29 is 4.79 Å². The van der Waals surface area contributed by atoms with Crippen molar-refractivity contribution in [3.63, 3.8) is 0 Å². The molecule has 4 heteroatoms. The van der Waals surface area contributed by atoms with Gasteiger partial charge in [-0.1, -0.05) is 18.2 Å². The van der Waals surface area contributed by atoms with Crippen LogP contribution in [0.3, 0.4) is 0 Å². The van der Waals surface area contributed by atoms with Crippen LogP contribution in [0.1, 0.15) is 31.7 Å². The van der Waals surface area contributed by atoms with Gasteiger partial charge >= 0.3 is 0 Å². The minimum absolute atomic E-state index is 0.118. The van der Waals surface area contributed by atoms with Gasteiger partial charge in [-0.3, -0.25) is 4.79 Å². The molecule has 1 aromatic heterocycles. The third-order valence-electron chi connectivity index (χ3n) is 3.98. The van der Waals surface area contributed by atoms with Gasteiger partial charge in [0.05, 0.1) is 0 Å². The van der Waals surface area contributed by atoms with Crippen molar-refractivity contribution >= 4 is 16.8 Å². The quantitative estimate of drug-likeness (QED) is 0.820. The molecule has 0 saturated heterocycles. The molecule has 1 aromatic carbocycles. The van der Waals surface area contributed by atoms with Crippen molar-refractivity contribution in [2.24, 2.45) is 0 Å². The van der Waals surface area contributed by atoms with Gasteiger partial charge in [0.25, 0.3) is 0 Å². The molecule has 0 bridgehead atoms. The molecule has 1 aliphatic carbocycles. The number of aromatic nitrogens is 1. The second-order valence-electron chi connectivity index (χ2n) is 5.72. The van der Waals surface area contributed by atoms with Gasteiger partial charge in [0, 0.05) is 49.2 Å². The lowest BCUT2D eigenvalue weighted by Crippen LogP contribution is -2.23. The molecule has 1 heterocycles. The molecule has 0 spiro atoms. The molecule has 0 unspecified atom stereocenters. The molecule has 0 atom stereocenters. The first-order chi connectivity index (χ1) is 10.3. The first-order valence-electron chi connectivity index (χ1n) is 7.84. The number of aryl methyl sites for hydroxylation is 1. The van der Waals surface area contributed by atoms with Crippen LogP contribution in [0.2, 0.25) is 0 Å². The Morgan fingerprint density at radius 1 is 1.33 bits per heavy atom. The van der Waals surface area contributed by atoms with Crippen LogP contribution in [0.15, 0.2) is 30.5 Å². The summed E-state index contributed by atoms with van der Waals surface area (Å²) in [7, 11) is 0. The SMILES string of the molecule is CCNC(=O)CCn1cc(CNC2CC2)c2ccccc21. The molecule has 112 valence electrons. The van der Waals surface area contributed by atoms with Crippen LogP contribution in [0.5, 0.6) is 0 Å². The average Bonchev–Trinajstić information content (AvgIpc) is 3.25. The molecule has 2 N–H and O–H groups in total. The van der Waals surface area contributed by atoms with Crippen LogP contribution in [-0.4, -0.2) is 23.1 Å². The maximum Gasteiger partial charge on any atom is 0.221 e. The molecule has 0 radical (unpaired) electrons. The first-order valence-corrected chi connectivity index (χ1v) is 7.84. The van der Waals surface area contributed by atoms with E-state index in [1.165, 1.54) is 29.3 Å². The minimum atomic E-state index is 0.118. The second kappa shape index (κ2) is 6.31. The highest BCUT2D eigenvalue weighted by molar-refractivity contribution is 5.84. The highest BCUT2D eigenvalue weighted by atomic mass is 16.1. The van der Waals surface area contributed by atoms with Crippen molar-refractivity contribution in [1.29, 1.82) is 0 Å². The van der Waals surface area contributed by atoms with Gasteiger partial charge < -0.3 is 15.2 Å². The Morgan fingerprint density at radius 2 is 2.14 bits per heavy atom. The van der Waals surface area contributed by atoms with Crippen LogP contribution in [0.4, 0.5) is 0 Å². The number of rotatable bonds is 7. The minimum Gasteiger partial charge on any atom is -0.356 e. The lowest BCUT2D eigenvalue weighted by atomic mass is 10.2. The third-order valence-corrected chi connectivity index (χ3v) is 3.98. The standard InChI is InChI=1S/C17H23N3O/c1-2-18-17(21)9-10-20-12-13(11-19-14-7-8-14)15-5-3-4-6-16(15)20/h3-6,12,14,19H,2,7-11H2,1H3,(H,18,21). The van der Waals surface area contributed by atoms with Crippen molar-refractivity contribution in [2.45, 2.75) is 45.3 Å². The fourth-order valence-electron chi connectivity index (χ4n) is 2.70. The van der Waals surface area contributed by atoms with Gasteiger partial charge in [-0.05, 0) is 31.4 Å². The monoisotopic (exact) mass is 285 g/mol. The summed E-state index contributed by atoms with van der Waals surface area (Å²) in [6.07, 6.45) is 5.33. The highest BCUT2D eigenvalue weighted by Crippen LogP contribution is 2.24. The zero-order chi connectivity index (χ0) is 14.7. The van der Waals surface area contributed by atoms with Crippen molar-refractivity contribution in [1.82, 2.24) is 15.2 Å². The first kappa shape index (κ1) is 14.1. The summed E-state index contributed by atoms with van der Waals surface area (Å²) < 4.78 is 2.20. The Balaban J connectivity index is 1.75. The molecule has 1 amide bonds. The van der Waals surface area contributed by atoms with Gasteiger partial charge in [0.1, 0.15) is 0 Å². The van der Waals surface area contributed by atoms with Gasteiger partial charge in [-0.25, -0.2) is 0 Å². The summed E-state index contributed by atoms with van der Waals surface area (Å²) in [5.41, 5.74) is 2.54. The molecular weight excluding hydrogens is 262 g/mol. The topological polar surface area (TPSA) is 46.1 Å². The summed E-state index contributed by atoms with van der Waals surface area (Å²) in [5.74, 6) is 0.118. The number of hydrogen-bond donors (Lipinski definition) is 2. The fraction of sp³-hybridized carbons (Fsp3) is 0.471. The normalized spacial score (nSPS) is 14.5.